The Bertz CT molecular complexity index is 1340. The van der Waals surface area contributed by atoms with Gasteiger partial charge < -0.3 is 9.82 Å². The highest BCUT2D eigenvalue weighted by molar-refractivity contribution is 8.15. The van der Waals surface area contributed by atoms with Crippen LogP contribution in [0.15, 0.2) is 51.0 Å². The second-order valence-corrected chi connectivity index (χ2v) is 13.1. The number of rotatable bonds is 6. The van der Waals surface area contributed by atoms with Gasteiger partial charge in [0.15, 0.2) is 0 Å². The van der Waals surface area contributed by atoms with Crippen LogP contribution in [0, 0.1) is 0 Å². The van der Waals surface area contributed by atoms with Gasteiger partial charge in [0.05, 0.1) is 23.4 Å². The molecule has 180 valence electrons. The van der Waals surface area contributed by atoms with Gasteiger partial charge in [-0.1, -0.05) is 36.9 Å². The van der Waals surface area contributed by atoms with Crippen LogP contribution in [0.4, 0.5) is 5.69 Å². The van der Waals surface area contributed by atoms with Gasteiger partial charge in [-0.3, -0.25) is 14.1 Å². The van der Waals surface area contributed by atoms with Crippen molar-refractivity contribution in [3.63, 3.8) is 0 Å². The van der Waals surface area contributed by atoms with Crippen LogP contribution in [-0.2, 0) is 19.7 Å². The fraction of sp³-hybridized carbons (Fsp3) is 0.391. The molecule has 0 aliphatic carbocycles. The third kappa shape index (κ3) is 4.26. The number of benzene rings is 1. The molecule has 11 heteroatoms. The van der Waals surface area contributed by atoms with E-state index in [0.717, 1.165) is 41.0 Å². The molecule has 3 aromatic rings. The minimum atomic E-state index is -3.63. The van der Waals surface area contributed by atoms with E-state index in [2.05, 4.69) is 4.98 Å². The summed E-state index contributed by atoms with van der Waals surface area (Å²) < 4.78 is 27.8. The van der Waals surface area contributed by atoms with Crippen LogP contribution < -0.4 is 4.31 Å². The fourth-order valence-electron chi connectivity index (χ4n) is 4.27. The summed E-state index contributed by atoms with van der Waals surface area (Å²) in [5.74, 6) is -0.202. The summed E-state index contributed by atoms with van der Waals surface area (Å²) in [4.78, 5) is 25.2. The second-order valence-electron chi connectivity index (χ2n) is 8.48. The Morgan fingerprint density at radius 2 is 2.06 bits per heavy atom. The largest absolute Gasteiger partial charge is 0.368 e. The molecule has 2 aromatic heterocycles. The molecule has 0 bridgehead atoms. The van der Waals surface area contributed by atoms with Gasteiger partial charge in [0.25, 0.3) is 10.0 Å². The molecule has 0 radical (unpaired) electrons. The number of hydrogen-bond acceptors (Lipinski definition) is 8. The topological polar surface area (TPSA) is 95.1 Å². The molecule has 1 saturated heterocycles. The number of hydroxylamine groups is 2. The molecule has 5 rings (SSSR count). The first-order valence-electron chi connectivity index (χ1n) is 11.2. The summed E-state index contributed by atoms with van der Waals surface area (Å²) in [5, 5.41) is 5.39. The number of H-pyrrole nitrogens is 1. The Balaban J connectivity index is 1.35. The lowest BCUT2D eigenvalue weighted by atomic mass is 9.97. The van der Waals surface area contributed by atoms with E-state index in [1.165, 1.54) is 15.6 Å². The number of carbonyl (C=O) groups is 1. The highest BCUT2D eigenvalue weighted by Crippen LogP contribution is 2.43. The van der Waals surface area contributed by atoms with E-state index < -0.39 is 10.0 Å². The third-order valence-electron chi connectivity index (χ3n) is 6.29. The predicted molar refractivity (Wildman–Crippen MR) is 137 cm³/mol. The van der Waals surface area contributed by atoms with E-state index in [-0.39, 0.29) is 10.7 Å². The Morgan fingerprint density at radius 3 is 2.76 bits per heavy atom. The average Bonchev–Trinajstić information content (AvgIpc) is 3.60. The van der Waals surface area contributed by atoms with Crippen LogP contribution in [-0.4, -0.2) is 60.9 Å². The summed E-state index contributed by atoms with van der Waals surface area (Å²) >= 11 is 2.98. The number of carbonyl (C=O) groups excluding carboxylic acids is 1. The number of aromatic nitrogens is 1. The molecule has 1 aromatic carbocycles. The summed E-state index contributed by atoms with van der Waals surface area (Å²) in [6.45, 7) is 3.91. The molecule has 8 nitrogen and oxygen atoms in total. The standard InChI is InChI=1S/C23H26N4O4S3/c1-3-19(28)31-27-11-9-23(10-12-27)15-24-22(33-23)17-14-16-6-4-7-18(21(16)25-17)26(2)34(29,30)20-8-5-13-32-20/h4-8,13-14,25H,3,9-12,15H2,1-2H3. The number of para-hydroxylation sites is 1. The third-order valence-corrected chi connectivity index (χ3v) is 10.9. The van der Waals surface area contributed by atoms with Crippen molar-refractivity contribution in [2.24, 2.45) is 4.99 Å². The van der Waals surface area contributed by atoms with Crippen LogP contribution in [0.25, 0.3) is 10.9 Å². The molecule has 1 N–H and O–H groups in total. The Labute approximate surface area is 207 Å². The molecule has 0 unspecified atom stereocenters. The lowest BCUT2D eigenvalue weighted by Gasteiger charge is -2.36. The van der Waals surface area contributed by atoms with E-state index in [1.54, 1.807) is 48.3 Å². The molecule has 0 amide bonds. The summed E-state index contributed by atoms with van der Waals surface area (Å²) in [6, 6.07) is 11.0. The Morgan fingerprint density at radius 1 is 1.26 bits per heavy atom. The molecule has 2 aliphatic heterocycles. The van der Waals surface area contributed by atoms with Gasteiger partial charge in [0.1, 0.15) is 9.25 Å². The quantitative estimate of drug-likeness (QED) is 0.524. The number of nitrogens with one attached hydrogen (secondary N) is 1. The van der Waals surface area contributed by atoms with Crippen LogP contribution in [0.2, 0.25) is 0 Å². The lowest BCUT2D eigenvalue weighted by Crippen LogP contribution is -2.43. The van der Waals surface area contributed by atoms with Crippen LogP contribution in [0.5, 0.6) is 0 Å². The molecular formula is C23H26N4O4S3. The minimum absolute atomic E-state index is 0.00385. The van der Waals surface area contributed by atoms with E-state index in [9.17, 15) is 13.2 Å². The summed E-state index contributed by atoms with van der Waals surface area (Å²) in [6.07, 6.45) is 2.14. The van der Waals surface area contributed by atoms with Crippen molar-refractivity contribution in [3.8, 4) is 0 Å². The predicted octanol–water partition coefficient (Wildman–Crippen LogP) is 4.25. The fourth-order valence-corrected chi connectivity index (χ4v) is 7.92. The zero-order valence-electron chi connectivity index (χ0n) is 19.0. The van der Waals surface area contributed by atoms with Gasteiger partial charge in [-0.05, 0) is 36.4 Å². The number of anilines is 1. The van der Waals surface area contributed by atoms with Crippen molar-refractivity contribution in [3.05, 3.63) is 47.5 Å². The van der Waals surface area contributed by atoms with Gasteiger partial charge in [-0.15, -0.1) is 16.4 Å². The van der Waals surface area contributed by atoms with Gasteiger partial charge in [0.2, 0.25) is 0 Å². The number of aromatic amines is 1. The normalized spacial score (nSPS) is 18.4. The first kappa shape index (κ1) is 23.4. The number of thioether (sulfide) groups is 1. The van der Waals surface area contributed by atoms with Crippen LogP contribution >= 0.6 is 23.1 Å². The van der Waals surface area contributed by atoms with Gasteiger partial charge in [-0.2, -0.15) is 0 Å². The maximum Gasteiger partial charge on any atom is 0.324 e. The molecule has 0 saturated carbocycles. The zero-order valence-corrected chi connectivity index (χ0v) is 21.4. The highest BCUT2D eigenvalue weighted by Gasteiger charge is 2.41. The SMILES string of the molecule is CCC(=O)ON1CCC2(CC1)CN=C(c1cc3cccc(N(C)S(=O)(=O)c4cccs4)c3[nH]1)S2. The van der Waals surface area contributed by atoms with E-state index in [0.29, 0.717) is 29.4 Å². The highest BCUT2D eigenvalue weighted by atomic mass is 32.2. The Hall–Kier alpha value is -2.34. The van der Waals surface area contributed by atoms with Gasteiger partial charge >= 0.3 is 5.97 Å². The summed E-state index contributed by atoms with van der Waals surface area (Å²) in [5.41, 5.74) is 2.26. The number of thiophene rings is 1. The number of nitrogens with zero attached hydrogens (tertiary/aromatic N) is 3. The summed E-state index contributed by atoms with van der Waals surface area (Å²) in [7, 11) is -2.05. The molecular weight excluding hydrogens is 492 g/mol. The number of hydrogen-bond donors (Lipinski definition) is 1. The smallest absolute Gasteiger partial charge is 0.324 e. The van der Waals surface area contributed by atoms with E-state index in [4.69, 9.17) is 9.83 Å². The number of aliphatic imine (C=N–C) groups is 1. The maximum absolute atomic E-state index is 13.1. The number of sulfonamides is 1. The van der Waals surface area contributed by atoms with E-state index >= 15 is 0 Å². The van der Waals surface area contributed by atoms with Crippen molar-refractivity contribution in [1.29, 1.82) is 0 Å². The number of fused-ring (bicyclic) bond motifs is 1. The van der Waals surface area contributed by atoms with Crippen molar-refractivity contribution >= 4 is 60.7 Å². The molecule has 1 fully saturated rings. The monoisotopic (exact) mass is 518 g/mol. The second kappa shape index (κ2) is 9.03. The van der Waals surface area contributed by atoms with Gasteiger partial charge in [0, 0.05) is 36.7 Å². The lowest BCUT2D eigenvalue weighted by molar-refractivity contribution is -0.195. The van der Waals surface area contributed by atoms with Crippen LogP contribution in [0.1, 0.15) is 31.9 Å². The van der Waals surface area contributed by atoms with E-state index in [1.807, 2.05) is 24.3 Å². The van der Waals surface area contributed by atoms with Crippen LogP contribution in [0.3, 0.4) is 0 Å². The average molecular weight is 519 g/mol. The molecule has 4 heterocycles. The van der Waals surface area contributed by atoms with Crippen molar-refractivity contribution < 1.29 is 18.0 Å². The molecule has 2 aliphatic rings. The first-order valence-corrected chi connectivity index (χ1v) is 14.3. The minimum Gasteiger partial charge on any atom is -0.368 e. The van der Waals surface area contributed by atoms with Crippen molar-refractivity contribution in [1.82, 2.24) is 10.0 Å². The zero-order chi connectivity index (χ0) is 23.9. The van der Waals surface area contributed by atoms with Crippen molar-refractivity contribution in [2.75, 3.05) is 31.0 Å². The molecule has 34 heavy (non-hydrogen) atoms. The van der Waals surface area contributed by atoms with Crippen molar-refractivity contribution in [2.45, 2.75) is 35.1 Å². The maximum atomic E-state index is 13.1. The van der Waals surface area contributed by atoms with Gasteiger partial charge in [-0.25, -0.2) is 8.42 Å². The molecule has 1 spiro atoms. The Kier molecular flexibility index (Phi) is 6.21. The molecule has 0 atom stereocenters. The first-order chi connectivity index (χ1) is 16.3. The number of piperidine rings is 1.